The van der Waals surface area contributed by atoms with Gasteiger partial charge in [0.25, 0.3) is 0 Å². The van der Waals surface area contributed by atoms with Crippen LogP contribution in [0.15, 0.2) is 36.5 Å². The molecule has 10 nitrogen and oxygen atoms in total. The fraction of sp³-hybridized carbons (Fsp3) is 0.786. The van der Waals surface area contributed by atoms with Gasteiger partial charge >= 0.3 is 25.7 Å². The minimum Gasteiger partial charge on any atom is -0.460 e. The van der Waals surface area contributed by atoms with E-state index in [-0.39, 0.29) is 54.3 Å². The molecule has 0 spiro atoms. The predicted molar refractivity (Wildman–Crippen MR) is 213 cm³/mol. The second-order valence-corrected chi connectivity index (χ2v) is 16.2. The molecule has 6 unspecified atom stereocenters. The van der Waals surface area contributed by atoms with Crippen LogP contribution >= 0.6 is 7.82 Å². The van der Waals surface area contributed by atoms with Crippen LogP contribution < -0.4 is 0 Å². The topological polar surface area (TPSA) is 124 Å². The maximum absolute atomic E-state index is 15.3. The molecule has 0 saturated carbocycles. The molecule has 0 aliphatic carbocycles. The van der Waals surface area contributed by atoms with E-state index in [1.807, 2.05) is 0 Å². The number of carbonyl (C=O) groups excluding carboxylic acids is 3. The first-order valence-corrected chi connectivity index (χ1v) is 21.7. The van der Waals surface area contributed by atoms with Crippen molar-refractivity contribution in [1.82, 2.24) is 0 Å². The van der Waals surface area contributed by atoms with Crippen LogP contribution in [-0.4, -0.2) is 56.0 Å². The third kappa shape index (κ3) is 23.3. The molecule has 0 aliphatic rings. The Labute approximate surface area is 322 Å². The Morgan fingerprint density at radius 3 is 0.925 bits per heavy atom. The van der Waals surface area contributed by atoms with E-state index in [2.05, 4.69) is 61.3 Å². The summed E-state index contributed by atoms with van der Waals surface area (Å²) in [4.78, 5) is 37.7. The van der Waals surface area contributed by atoms with E-state index in [1.54, 1.807) is 20.8 Å². The lowest BCUT2D eigenvalue weighted by atomic mass is 9.93. The normalized spacial score (nSPS) is 15.9. The number of hydrogen-bond acceptors (Lipinski definition) is 10. The van der Waals surface area contributed by atoms with Crippen LogP contribution in [0.4, 0.5) is 0 Å². The highest BCUT2D eigenvalue weighted by Crippen LogP contribution is 2.55. The molecule has 0 rings (SSSR count). The Morgan fingerprint density at radius 1 is 0.491 bits per heavy atom. The van der Waals surface area contributed by atoms with Gasteiger partial charge in [-0.3, -0.25) is 13.6 Å². The molecule has 0 N–H and O–H groups in total. The summed E-state index contributed by atoms with van der Waals surface area (Å²) in [5, 5.41) is 0. The maximum Gasteiger partial charge on any atom is 0.475 e. The number of ether oxygens (including phenoxy) is 3. The fourth-order valence-corrected chi connectivity index (χ4v) is 7.67. The number of rotatable bonds is 33. The summed E-state index contributed by atoms with van der Waals surface area (Å²) in [5.41, 5.74) is 0.685. The van der Waals surface area contributed by atoms with Gasteiger partial charge in [0.05, 0.1) is 0 Å². The Hall–Kier alpha value is -2.26. The van der Waals surface area contributed by atoms with Gasteiger partial charge in [-0.2, -0.15) is 0 Å². The van der Waals surface area contributed by atoms with Gasteiger partial charge in [0, 0.05) is 16.7 Å². The van der Waals surface area contributed by atoms with Crippen molar-refractivity contribution in [2.24, 2.45) is 17.8 Å². The van der Waals surface area contributed by atoms with E-state index in [0.717, 1.165) is 77.0 Å². The van der Waals surface area contributed by atoms with Crippen molar-refractivity contribution < 1.29 is 46.7 Å². The van der Waals surface area contributed by atoms with Crippen molar-refractivity contribution in [2.75, 3.05) is 19.8 Å². The molecule has 0 fully saturated rings. The molecule has 0 amide bonds. The van der Waals surface area contributed by atoms with Crippen LogP contribution in [0.3, 0.4) is 0 Å². The van der Waals surface area contributed by atoms with Crippen LogP contribution in [0.5, 0.6) is 0 Å². The second kappa shape index (κ2) is 29.1. The minimum atomic E-state index is -4.56. The number of carbonyl (C=O) groups is 3. The van der Waals surface area contributed by atoms with E-state index in [9.17, 15) is 14.4 Å². The van der Waals surface area contributed by atoms with Crippen LogP contribution in [0.1, 0.15) is 159 Å². The number of unbranched alkanes of at least 4 members (excludes halogenated alkanes) is 3. The van der Waals surface area contributed by atoms with Crippen molar-refractivity contribution in [3.05, 3.63) is 36.5 Å². The first-order chi connectivity index (χ1) is 25.1. The second-order valence-electron chi connectivity index (χ2n) is 14.7. The molecule has 0 aliphatic heterocycles. The molecule has 6 atom stereocenters. The molecule has 0 aromatic carbocycles. The summed E-state index contributed by atoms with van der Waals surface area (Å²) in [6.45, 7) is 27.8. The summed E-state index contributed by atoms with van der Waals surface area (Å²) in [7, 11) is -4.56. The van der Waals surface area contributed by atoms with Gasteiger partial charge in [0.1, 0.15) is 38.1 Å². The average molecular weight is 771 g/mol. The highest BCUT2D eigenvalue weighted by molar-refractivity contribution is 7.48. The molecule has 53 heavy (non-hydrogen) atoms. The van der Waals surface area contributed by atoms with Gasteiger partial charge in [-0.25, -0.2) is 18.9 Å². The van der Waals surface area contributed by atoms with Crippen LogP contribution in [-0.2, 0) is 46.7 Å². The van der Waals surface area contributed by atoms with E-state index in [0.29, 0.717) is 19.3 Å². The molecule has 0 aromatic heterocycles. The molecule has 0 radical (unpaired) electrons. The van der Waals surface area contributed by atoms with Crippen LogP contribution in [0.25, 0.3) is 0 Å². The molecular formula is C42H75O10P. The molecular weight excluding hydrogens is 695 g/mol. The van der Waals surface area contributed by atoms with E-state index >= 15 is 4.57 Å². The highest BCUT2D eigenvalue weighted by Gasteiger charge is 2.40. The van der Waals surface area contributed by atoms with Gasteiger partial charge in [0.15, 0.2) is 0 Å². The molecule has 0 aromatic rings. The third-order valence-electron chi connectivity index (χ3n) is 9.50. The number of phosphoric acid groups is 1. The van der Waals surface area contributed by atoms with Gasteiger partial charge in [-0.05, 0) is 57.8 Å². The first kappa shape index (κ1) is 50.7. The molecule has 308 valence electrons. The zero-order valence-electron chi connectivity index (χ0n) is 34.8. The fourth-order valence-electron chi connectivity index (χ4n) is 5.98. The van der Waals surface area contributed by atoms with E-state index in [4.69, 9.17) is 27.8 Å². The average Bonchev–Trinajstić information content (AvgIpc) is 3.12. The van der Waals surface area contributed by atoms with Gasteiger partial charge in [-0.1, -0.05) is 138 Å². The first-order valence-electron chi connectivity index (χ1n) is 20.2. The number of phosphoric ester groups is 1. The largest absolute Gasteiger partial charge is 0.475 e. The standard InChI is InChI=1S/C42H75O10P/c1-13-19-22-34(16-4)25-37(28-47-40(43)31(7)8)50-53(46,51-38(29-48-41(44)32(9)10)26-35(17-5)23-20-14-2)52-39(30-49-42(45)33(11)12)27-36(18-6)24-21-15-3/h34-39H,7,9,11,13-30H2,1-6,8,10,12H3. The number of hydrogen-bond donors (Lipinski definition) is 0. The summed E-state index contributed by atoms with van der Waals surface area (Å²) < 4.78 is 51.3. The van der Waals surface area contributed by atoms with Gasteiger partial charge < -0.3 is 14.2 Å². The predicted octanol–water partition coefficient (Wildman–Crippen LogP) is 11.4. The highest BCUT2D eigenvalue weighted by atomic mass is 31.2. The molecule has 11 heteroatoms. The Bertz CT molecular complexity index is 1010. The monoisotopic (exact) mass is 771 g/mol. The van der Waals surface area contributed by atoms with Crippen molar-refractivity contribution in [3.8, 4) is 0 Å². The molecule has 0 saturated heterocycles. The smallest absolute Gasteiger partial charge is 0.460 e. The van der Waals surface area contributed by atoms with Crippen molar-refractivity contribution in [2.45, 2.75) is 177 Å². The van der Waals surface area contributed by atoms with Crippen LogP contribution in [0, 0.1) is 17.8 Å². The zero-order chi connectivity index (χ0) is 40.4. The number of esters is 3. The van der Waals surface area contributed by atoms with Crippen molar-refractivity contribution in [3.63, 3.8) is 0 Å². The van der Waals surface area contributed by atoms with Crippen molar-refractivity contribution in [1.29, 1.82) is 0 Å². The van der Waals surface area contributed by atoms with Crippen molar-refractivity contribution >= 4 is 25.7 Å². The third-order valence-corrected chi connectivity index (χ3v) is 11.2. The lowest BCUT2D eigenvalue weighted by molar-refractivity contribution is -0.143. The Morgan fingerprint density at radius 2 is 0.736 bits per heavy atom. The summed E-state index contributed by atoms with van der Waals surface area (Å²) in [5.74, 6) is -1.20. The van der Waals surface area contributed by atoms with Crippen LogP contribution in [0.2, 0.25) is 0 Å². The molecule has 0 heterocycles. The zero-order valence-corrected chi connectivity index (χ0v) is 35.7. The Balaban J connectivity index is 7.13. The van der Waals surface area contributed by atoms with E-state index in [1.165, 1.54) is 0 Å². The Kier molecular flexibility index (Phi) is 27.8. The van der Waals surface area contributed by atoms with E-state index < -0.39 is 44.0 Å². The molecule has 0 bridgehead atoms. The quantitative estimate of drug-likeness (QED) is 0.0276. The summed E-state index contributed by atoms with van der Waals surface area (Å²) in [6.07, 6.45) is 10.0. The minimum absolute atomic E-state index is 0.189. The van der Waals surface area contributed by atoms with Gasteiger partial charge in [-0.15, -0.1) is 0 Å². The summed E-state index contributed by atoms with van der Waals surface area (Å²) >= 11 is 0. The lowest BCUT2D eigenvalue weighted by Crippen LogP contribution is -2.31. The van der Waals surface area contributed by atoms with Gasteiger partial charge in [0.2, 0.25) is 0 Å². The lowest BCUT2D eigenvalue weighted by Gasteiger charge is -2.32. The summed E-state index contributed by atoms with van der Waals surface area (Å²) in [6, 6.07) is 0. The maximum atomic E-state index is 15.3. The SMILES string of the molecule is C=C(C)C(=O)OCC(CC(CC)CCCC)OP(=O)(OC(COC(=O)C(=C)C)CC(CC)CCCC)OC(COC(=O)C(=C)C)CC(CC)CCCC.